The van der Waals surface area contributed by atoms with Gasteiger partial charge in [0.1, 0.15) is 6.10 Å². The van der Waals surface area contributed by atoms with Crippen molar-refractivity contribution in [3.63, 3.8) is 0 Å². The van der Waals surface area contributed by atoms with Gasteiger partial charge in [-0.25, -0.2) is 9.97 Å². The van der Waals surface area contributed by atoms with Crippen LogP contribution in [0.5, 0.6) is 6.01 Å². The van der Waals surface area contributed by atoms with Gasteiger partial charge in [-0.3, -0.25) is 4.79 Å². The Bertz CT molecular complexity index is 844. The molecule has 1 saturated carbocycles. The molecule has 0 bridgehead atoms. The summed E-state index contributed by atoms with van der Waals surface area (Å²) in [5.41, 5.74) is 2.92. The Hall–Kier alpha value is -2.87. The van der Waals surface area contributed by atoms with E-state index in [2.05, 4.69) is 40.9 Å². The molecule has 5 heteroatoms. The van der Waals surface area contributed by atoms with Crippen LogP contribution in [0.15, 0.2) is 36.7 Å². The van der Waals surface area contributed by atoms with E-state index in [1.165, 1.54) is 12.0 Å². The molecule has 5 nitrogen and oxygen atoms in total. The van der Waals surface area contributed by atoms with Crippen LogP contribution in [0.4, 0.5) is 0 Å². The summed E-state index contributed by atoms with van der Waals surface area (Å²) in [5.74, 6) is 6.70. The van der Waals surface area contributed by atoms with Crippen molar-refractivity contribution in [1.82, 2.24) is 14.9 Å². The summed E-state index contributed by atoms with van der Waals surface area (Å²) in [6, 6.07) is 8.61. The molecule has 146 valence electrons. The van der Waals surface area contributed by atoms with E-state index < -0.39 is 0 Å². The zero-order chi connectivity index (χ0) is 19.9. The molecule has 1 aliphatic carbocycles. The smallest absolute Gasteiger partial charge is 0.316 e. The minimum absolute atomic E-state index is 0.168. The van der Waals surface area contributed by atoms with Gasteiger partial charge < -0.3 is 9.64 Å². The van der Waals surface area contributed by atoms with Crippen LogP contribution in [0, 0.1) is 17.8 Å². The Kier molecular flexibility index (Phi) is 6.65. The summed E-state index contributed by atoms with van der Waals surface area (Å²) >= 11 is 0. The molecular formula is C23H27N3O2. The van der Waals surface area contributed by atoms with Crippen LogP contribution in [0.3, 0.4) is 0 Å². The molecule has 1 fully saturated rings. The summed E-state index contributed by atoms with van der Waals surface area (Å²) in [7, 11) is 3.59. The lowest BCUT2D eigenvalue weighted by molar-refractivity contribution is -0.129. The average Bonchev–Trinajstić information content (AvgIpc) is 2.65. The van der Waals surface area contributed by atoms with E-state index in [1.807, 2.05) is 12.1 Å². The lowest BCUT2D eigenvalue weighted by Gasteiger charge is -2.24. The maximum atomic E-state index is 11.8. The number of hydrogen-bond donors (Lipinski definition) is 0. The number of benzene rings is 1. The van der Waals surface area contributed by atoms with Gasteiger partial charge in [0.2, 0.25) is 5.91 Å². The third-order valence-electron chi connectivity index (χ3n) is 4.86. The molecule has 1 atom stereocenters. The van der Waals surface area contributed by atoms with Gasteiger partial charge >= 0.3 is 6.01 Å². The molecule has 0 N–H and O–H groups in total. The highest BCUT2D eigenvalue weighted by Crippen LogP contribution is 2.22. The molecule has 0 spiro atoms. The highest BCUT2D eigenvalue weighted by molar-refractivity contribution is 5.75. The number of amides is 1. The van der Waals surface area contributed by atoms with Crippen molar-refractivity contribution in [1.29, 1.82) is 0 Å². The van der Waals surface area contributed by atoms with Crippen LogP contribution < -0.4 is 4.74 Å². The van der Waals surface area contributed by atoms with Gasteiger partial charge in [-0.05, 0) is 49.3 Å². The minimum Gasteiger partial charge on any atom is -0.460 e. The molecule has 1 aromatic carbocycles. The molecule has 28 heavy (non-hydrogen) atoms. The van der Waals surface area contributed by atoms with E-state index in [0.717, 1.165) is 30.4 Å². The molecule has 1 amide bonds. The molecule has 1 aromatic heterocycles. The quantitative estimate of drug-likeness (QED) is 0.724. The number of hydrogen-bond acceptors (Lipinski definition) is 4. The van der Waals surface area contributed by atoms with Crippen LogP contribution in [0.25, 0.3) is 0 Å². The number of carbonyl (C=O) groups excluding carboxylic acids is 1. The van der Waals surface area contributed by atoms with Crippen molar-refractivity contribution in [3.05, 3.63) is 53.3 Å². The summed E-state index contributed by atoms with van der Waals surface area (Å²) in [6.45, 7) is 2.10. The van der Waals surface area contributed by atoms with Crippen LogP contribution in [-0.2, 0) is 11.2 Å². The molecule has 0 aliphatic heterocycles. The fourth-order valence-corrected chi connectivity index (χ4v) is 2.90. The topological polar surface area (TPSA) is 55.3 Å². The van der Waals surface area contributed by atoms with Crippen LogP contribution in [0.2, 0.25) is 0 Å². The van der Waals surface area contributed by atoms with Gasteiger partial charge in [0.05, 0.1) is 5.56 Å². The first-order valence-electron chi connectivity index (χ1n) is 9.79. The van der Waals surface area contributed by atoms with E-state index >= 15 is 0 Å². The summed E-state index contributed by atoms with van der Waals surface area (Å²) < 4.78 is 5.66. The third kappa shape index (κ3) is 5.82. The van der Waals surface area contributed by atoms with Crippen LogP contribution in [-0.4, -0.2) is 41.0 Å². The fraction of sp³-hybridized carbons (Fsp3) is 0.435. The third-order valence-corrected chi connectivity index (χ3v) is 4.86. The molecular weight excluding hydrogens is 350 g/mol. The first kappa shape index (κ1) is 19.9. The monoisotopic (exact) mass is 377 g/mol. The fourth-order valence-electron chi connectivity index (χ4n) is 2.90. The number of nitrogens with zero attached hydrogens (tertiary/aromatic N) is 3. The molecule has 2 aromatic rings. The highest BCUT2D eigenvalue weighted by atomic mass is 16.5. The Morgan fingerprint density at radius 3 is 2.36 bits per heavy atom. The molecule has 0 saturated heterocycles. The Morgan fingerprint density at radius 2 is 1.79 bits per heavy atom. The normalized spacial score (nSPS) is 14.4. The molecule has 0 radical (unpaired) electrons. The average molecular weight is 377 g/mol. The lowest BCUT2D eigenvalue weighted by Crippen LogP contribution is -2.25. The van der Waals surface area contributed by atoms with Crippen molar-refractivity contribution < 1.29 is 9.53 Å². The van der Waals surface area contributed by atoms with Crippen molar-refractivity contribution in [2.75, 3.05) is 14.1 Å². The molecule has 1 heterocycles. The van der Waals surface area contributed by atoms with E-state index in [1.54, 1.807) is 31.4 Å². The van der Waals surface area contributed by atoms with Gasteiger partial charge in [0.25, 0.3) is 0 Å². The summed E-state index contributed by atoms with van der Waals surface area (Å²) in [4.78, 5) is 21.9. The highest BCUT2D eigenvalue weighted by Gasteiger charge is 2.19. The standard InChI is InChI=1S/C23H27N3O2/c1-17(14-22(27)26(2)3)13-19-10-7-18(8-11-19)9-12-20-15-24-23(25-16-20)28-21-5-4-6-21/h7-8,10-11,15-17,21H,4-6,13-14H2,1-3H3. The van der Waals surface area contributed by atoms with Gasteiger partial charge in [-0.2, -0.15) is 0 Å². The zero-order valence-corrected chi connectivity index (χ0v) is 16.8. The van der Waals surface area contributed by atoms with Crippen molar-refractivity contribution in [2.45, 2.75) is 45.1 Å². The second-order valence-electron chi connectivity index (χ2n) is 7.67. The van der Waals surface area contributed by atoms with Crippen molar-refractivity contribution in [2.24, 2.45) is 5.92 Å². The first-order chi connectivity index (χ1) is 13.5. The largest absolute Gasteiger partial charge is 0.460 e. The Labute approximate surface area is 167 Å². The number of aromatic nitrogens is 2. The van der Waals surface area contributed by atoms with Crippen LogP contribution >= 0.6 is 0 Å². The number of carbonyl (C=O) groups is 1. The minimum atomic E-state index is 0.168. The summed E-state index contributed by atoms with van der Waals surface area (Å²) in [6.07, 6.45) is 8.52. The van der Waals surface area contributed by atoms with E-state index in [9.17, 15) is 4.79 Å². The number of rotatable bonds is 6. The van der Waals surface area contributed by atoms with Gasteiger partial charge in [-0.15, -0.1) is 0 Å². The Morgan fingerprint density at radius 1 is 1.14 bits per heavy atom. The first-order valence-corrected chi connectivity index (χ1v) is 9.79. The SMILES string of the molecule is CC(CC(=O)N(C)C)Cc1ccc(C#Cc2cnc(OC3CCC3)nc2)cc1. The lowest BCUT2D eigenvalue weighted by atomic mass is 9.96. The zero-order valence-electron chi connectivity index (χ0n) is 16.8. The second-order valence-corrected chi connectivity index (χ2v) is 7.67. The molecule has 1 unspecified atom stereocenters. The molecule has 1 aliphatic rings. The molecule has 3 rings (SSSR count). The van der Waals surface area contributed by atoms with E-state index in [-0.39, 0.29) is 12.0 Å². The van der Waals surface area contributed by atoms with Gasteiger partial charge in [-0.1, -0.05) is 30.9 Å². The predicted octanol–water partition coefficient (Wildman–Crippen LogP) is 3.46. The number of ether oxygens (including phenoxy) is 1. The van der Waals surface area contributed by atoms with E-state index in [4.69, 9.17) is 4.74 Å². The second kappa shape index (κ2) is 9.36. The van der Waals surface area contributed by atoms with Crippen molar-refractivity contribution in [3.8, 4) is 17.9 Å². The maximum absolute atomic E-state index is 11.8. The van der Waals surface area contributed by atoms with Crippen LogP contribution in [0.1, 0.15) is 49.3 Å². The van der Waals surface area contributed by atoms with Gasteiger partial charge in [0.15, 0.2) is 0 Å². The Balaban J connectivity index is 1.53. The predicted molar refractivity (Wildman–Crippen MR) is 109 cm³/mol. The summed E-state index contributed by atoms with van der Waals surface area (Å²) in [5, 5.41) is 0. The maximum Gasteiger partial charge on any atom is 0.316 e. The van der Waals surface area contributed by atoms with Crippen molar-refractivity contribution >= 4 is 5.91 Å². The van der Waals surface area contributed by atoms with E-state index in [0.29, 0.717) is 18.3 Å². The van der Waals surface area contributed by atoms with Gasteiger partial charge in [0, 0.05) is 38.5 Å².